The van der Waals surface area contributed by atoms with E-state index in [4.69, 9.17) is 0 Å². The van der Waals surface area contributed by atoms with E-state index in [0.717, 1.165) is 19.4 Å². The van der Waals surface area contributed by atoms with Crippen molar-refractivity contribution < 1.29 is 14.3 Å². The summed E-state index contributed by atoms with van der Waals surface area (Å²) in [5.74, 6) is -0.376. The highest BCUT2D eigenvalue weighted by Gasteiger charge is 2.29. The van der Waals surface area contributed by atoms with E-state index in [1.807, 2.05) is 0 Å². The maximum Gasteiger partial charge on any atom is 0.319 e. The third kappa shape index (κ3) is 2.84. The van der Waals surface area contributed by atoms with Gasteiger partial charge in [-0.1, -0.05) is 0 Å². The zero-order chi connectivity index (χ0) is 11.4. The van der Waals surface area contributed by atoms with Crippen LogP contribution in [0.2, 0.25) is 0 Å². The van der Waals surface area contributed by atoms with Gasteiger partial charge in [-0.05, 0) is 12.8 Å². The van der Waals surface area contributed by atoms with Crippen LogP contribution in [0.4, 0.5) is 4.79 Å². The van der Waals surface area contributed by atoms with E-state index in [-0.39, 0.29) is 17.9 Å². The molecule has 5 heteroatoms. The lowest BCUT2D eigenvalue weighted by atomic mass is 9.98. The highest BCUT2D eigenvalue weighted by Crippen LogP contribution is 2.18. The molecule has 0 bridgehead atoms. The topological polar surface area (TPSA) is 49.9 Å². The van der Waals surface area contributed by atoms with Crippen LogP contribution in [0.5, 0.6) is 0 Å². The van der Waals surface area contributed by atoms with Gasteiger partial charge in [-0.25, -0.2) is 4.79 Å². The van der Waals surface area contributed by atoms with Crippen LogP contribution in [-0.2, 0) is 9.53 Å². The SMILES string of the molecule is COC(=O)C1CCCN(C(=O)N(C)C)C1. The van der Waals surface area contributed by atoms with E-state index in [9.17, 15) is 9.59 Å². The summed E-state index contributed by atoms with van der Waals surface area (Å²) in [7, 11) is 4.81. The van der Waals surface area contributed by atoms with Gasteiger partial charge in [-0.2, -0.15) is 0 Å². The normalized spacial score (nSPS) is 21.0. The standard InChI is InChI=1S/C10H18N2O3/c1-11(2)10(14)12-6-4-5-8(7-12)9(13)15-3/h8H,4-7H2,1-3H3. The highest BCUT2D eigenvalue weighted by molar-refractivity contribution is 5.77. The minimum absolute atomic E-state index is 0.0383. The van der Waals surface area contributed by atoms with Crippen molar-refractivity contribution in [3.05, 3.63) is 0 Å². The Bertz CT molecular complexity index is 253. The molecule has 15 heavy (non-hydrogen) atoms. The number of methoxy groups -OCH3 is 1. The third-order valence-electron chi connectivity index (χ3n) is 2.61. The molecule has 5 nitrogen and oxygen atoms in total. The zero-order valence-electron chi connectivity index (χ0n) is 9.52. The van der Waals surface area contributed by atoms with E-state index in [1.165, 1.54) is 12.0 Å². The molecule has 0 spiro atoms. The Morgan fingerprint density at radius 3 is 2.60 bits per heavy atom. The van der Waals surface area contributed by atoms with Crippen molar-refractivity contribution in [2.45, 2.75) is 12.8 Å². The van der Waals surface area contributed by atoms with Crippen molar-refractivity contribution in [3.8, 4) is 0 Å². The van der Waals surface area contributed by atoms with Gasteiger partial charge < -0.3 is 14.5 Å². The summed E-state index contributed by atoms with van der Waals surface area (Å²) < 4.78 is 4.69. The first-order valence-electron chi connectivity index (χ1n) is 5.10. The molecule has 0 N–H and O–H groups in total. The summed E-state index contributed by atoms with van der Waals surface area (Å²) in [4.78, 5) is 26.2. The van der Waals surface area contributed by atoms with Crippen LogP contribution >= 0.6 is 0 Å². The van der Waals surface area contributed by atoms with Crippen molar-refractivity contribution in [2.75, 3.05) is 34.3 Å². The molecule has 86 valence electrons. The zero-order valence-corrected chi connectivity index (χ0v) is 9.52. The maximum absolute atomic E-state index is 11.7. The molecular formula is C10H18N2O3. The highest BCUT2D eigenvalue weighted by atomic mass is 16.5. The van der Waals surface area contributed by atoms with Crippen LogP contribution < -0.4 is 0 Å². The van der Waals surface area contributed by atoms with Crippen LogP contribution in [0.25, 0.3) is 0 Å². The van der Waals surface area contributed by atoms with Crippen LogP contribution in [-0.4, -0.2) is 56.1 Å². The quantitative estimate of drug-likeness (QED) is 0.599. The Balaban J connectivity index is 2.56. The van der Waals surface area contributed by atoms with E-state index in [1.54, 1.807) is 19.0 Å². The number of urea groups is 1. The number of amides is 2. The summed E-state index contributed by atoms with van der Waals surface area (Å²) in [6, 6.07) is -0.0383. The number of likely N-dealkylation sites (tertiary alicyclic amines) is 1. The van der Waals surface area contributed by atoms with Crippen molar-refractivity contribution in [1.82, 2.24) is 9.80 Å². The van der Waals surface area contributed by atoms with Crippen LogP contribution in [0.3, 0.4) is 0 Å². The third-order valence-corrected chi connectivity index (χ3v) is 2.61. The Hall–Kier alpha value is -1.26. The molecule has 1 aliphatic heterocycles. The second kappa shape index (κ2) is 5.00. The lowest BCUT2D eigenvalue weighted by molar-refractivity contribution is -0.146. The Morgan fingerprint density at radius 2 is 2.07 bits per heavy atom. The summed E-state index contributed by atoms with van der Waals surface area (Å²) in [6.07, 6.45) is 1.67. The minimum atomic E-state index is -0.216. The molecular weight excluding hydrogens is 196 g/mol. The first-order valence-corrected chi connectivity index (χ1v) is 5.10. The van der Waals surface area contributed by atoms with Gasteiger partial charge in [0.05, 0.1) is 13.0 Å². The Labute approximate surface area is 90.0 Å². The summed E-state index contributed by atoms with van der Waals surface area (Å²) >= 11 is 0. The summed E-state index contributed by atoms with van der Waals surface area (Å²) in [6.45, 7) is 1.20. The molecule has 1 saturated heterocycles. The van der Waals surface area contributed by atoms with Crippen molar-refractivity contribution >= 4 is 12.0 Å². The molecule has 0 aliphatic carbocycles. The molecule has 1 unspecified atom stereocenters. The smallest absolute Gasteiger partial charge is 0.319 e. The Morgan fingerprint density at radius 1 is 1.40 bits per heavy atom. The number of esters is 1. The lowest BCUT2D eigenvalue weighted by Gasteiger charge is -2.33. The number of hydrogen-bond donors (Lipinski definition) is 0. The van der Waals surface area contributed by atoms with Crippen LogP contribution in [0, 0.1) is 5.92 Å². The number of carbonyl (C=O) groups is 2. The first kappa shape index (κ1) is 11.8. The Kier molecular flexibility index (Phi) is 3.94. The van der Waals surface area contributed by atoms with Gasteiger partial charge in [0.25, 0.3) is 0 Å². The predicted molar refractivity (Wildman–Crippen MR) is 55.4 cm³/mol. The number of piperidine rings is 1. The van der Waals surface area contributed by atoms with Gasteiger partial charge in [0, 0.05) is 27.2 Å². The van der Waals surface area contributed by atoms with Crippen molar-refractivity contribution in [1.29, 1.82) is 0 Å². The molecule has 2 amide bonds. The molecule has 1 fully saturated rings. The minimum Gasteiger partial charge on any atom is -0.469 e. The molecule has 0 aromatic heterocycles. The van der Waals surface area contributed by atoms with E-state index in [0.29, 0.717) is 6.54 Å². The van der Waals surface area contributed by atoms with Gasteiger partial charge in [-0.15, -0.1) is 0 Å². The molecule has 1 aliphatic rings. The number of nitrogens with zero attached hydrogens (tertiary/aromatic N) is 2. The van der Waals surface area contributed by atoms with E-state index < -0.39 is 0 Å². The average Bonchev–Trinajstić information content (AvgIpc) is 2.27. The van der Waals surface area contributed by atoms with E-state index >= 15 is 0 Å². The molecule has 0 saturated carbocycles. The molecule has 1 rings (SSSR count). The lowest BCUT2D eigenvalue weighted by Crippen LogP contribution is -2.46. The summed E-state index contributed by atoms with van der Waals surface area (Å²) in [5.41, 5.74) is 0. The fraction of sp³-hybridized carbons (Fsp3) is 0.800. The van der Waals surface area contributed by atoms with Crippen LogP contribution in [0.1, 0.15) is 12.8 Å². The predicted octanol–water partition coefficient (Wildman–Crippen LogP) is 0.553. The number of hydrogen-bond acceptors (Lipinski definition) is 3. The second-order valence-electron chi connectivity index (χ2n) is 3.99. The average molecular weight is 214 g/mol. The van der Waals surface area contributed by atoms with E-state index in [2.05, 4.69) is 4.74 Å². The fourth-order valence-corrected chi connectivity index (χ4v) is 1.79. The molecule has 0 radical (unpaired) electrons. The van der Waals surface area contributed by atoms with Crippen molar-refractivity contribution in [3.63, 3.8) is 0 Å². The summed E-state index contributed by atoms with van der Waals surface area (Å²) in [5, 5.41) is 0. The van der Waals surface area contributed by atoms with Gasteiger partial charge in [0.15, 0.2) is 0 Å². The molecule has 1 heterocycles. The van der Waals surface area contributed by atoms with Crippen molar-refractivity contribution in [2.24, 2.45) is 5.92 Å². The fourth-order valence-electron chi connectivity index (χ4n) is 1.79. The number of ether oxygens (including phenoxy) is 1. The molecule has 1 atom stereocenters. The van der Waals surface area contributed by atoms with Gasteiger partial charge in [-0.3, -0.25) is 4.79 Å². The van der Waals surface area contributed by atoms with Gasteiger partial charge in [0.1, 0.15) is 0 Å². The monoisotopic (exact) mass is 214 g/mol. The largest absolute Gasteiger partial charge is 0.469 e. The number of rotatable bonds is 1. The second-order valence-corrected chi connectivity index (χ2v) is 3.99. The molecule has 0 aromatic rings. The number of carbonyl (C=O) groups excluding carboxylic acids is 2. The molecule has 0 aromatic carbocycles. The maximum atomic E-state index is 11.7. The van der Waals surface area contributed by atoms with Gasteiger partial charge in [0.2, 0.25) is 0 Å². The van der Waals surface area contributed by atoms with Crippen LogP contribution in [0.15, 0.2) is 0 Å². The van der Waals surface area contributed by atoms with Gasteiger partial charge >= 0.3 is 12.0 Å². The first-order chi connectivity index (χ1) is 7.06.